The van der Waals surface area contributed by atoms with Gasteiger partial charge < -0.3 is 25.1 Å². The van der Waals surface area contributed by atoms with Crippen LogP contribution in [-0.4, -0.2) is 66.2 Å². The fourth-order valence-corrected chi connectivity index (χ4v) is 5.31. The minimum absolute atomic E-state index is 0.129. The molecule has 1 aromatic carbocycles. The van der Waals surface area contributed by atoms with E-state index in [2.05, 4.69) is 15.6 Å². The van der Waals surface area contributed by atoms with Crippen LogP contribution in [-0.2, 0) is 23.9 Å². The Hall–Kier alpha value is -3.11. The van der Waals surface area contributed by atoms with Gasteiger partial charge in [0.25, 0.3) is 0 Å². The van der Waals surface area contributed by atoms with Gasteiger partial charge in [-0.1, -0.05) is 45.0 Å². The smallest absolute Gasteiger partial charge is 0.246 e. The molecule has 0 unspecified atom stereocenters. The predicted molar refractivity (Wildman–Crippen MR) is 142 cm³/mol. The molecule has 1 saturated heterocycles. The van der Waals surface area contributed by atoms with E-state index in [9.17, 15) is 19.2 Å². The second-order valence-electron chi connectivity index (χ2n) is 10.6. The zero-order valence-corrected chi connectivity index (χ0v) is 23.1. The lowest BCUT2D eigenvalue weighted by molar-refractivity contribution is -0.144. The lowest BCUT2D eigenvalue weighted by Crippen LogP contribution is -2.58. The van der Waals surface area contributed by atoms with E-state index in [0.29, 0.717) is 0 Å². The van der Waals surface area contributed by atoms with Crippen molar-refractivity contribution in [2.75, 3.05) is 20.3 Å². The molecule has 3 amide bonds. The predicted octanol–water partition coefficient (Wildman–Crippen LogP) is 2.89. The molecule has 9 nitrogen and oxygen atoms in total. The Labute approximate surface area is 222 Å². The molecule has 1 aromatic heterocycles. The molecule has 0 radical (unpaired) electrons. The van der Waals surface area contributed by atoms with Crippen molar-refractivity contribution in [2.45, 2.75) is 59.2 Å². The summed E-state index contributed by atoms with van der Waals surface area (Å²) in [5.74, 6) is -1.59. The molecular weight excluding hydrogens is 492 g/mol. The molecule has 10 heteroatoms. The molecule has 0 aliphatic carbocycles. The van der Waals surface area contributed by atoms with Crippen molar-refractivity contribution in [1.29, 1.82) is 0 Å². The zero-order valence-electron chi connectivity index (χ0n) is 22.2. The van der Waals surface area contributed by atoms with Crippen LogP contribution in [0.3, 0.4) is 0 Å². The highest BCUT2D eigenvalue weighted by molar-refractivity contribution is 7.13. The number of benzene rings is 1. The molecule has 1 aliphatic heterocycles. The monoisotopic (exact) mass is 528 g/mol. The average Bonchev–Trinajstić information content (AvgIpc) is 3.48. The number of aromatic nitrogens is 1. The number of amides is 3. The van der Waals surface area contributed by atoms with Crippen molar-refractivity contribution in [3.63, 3.8) is 0 Å². The molecule has 0 spiro atoms. The number of thiazole rings is 1. The molecule has 0 saturated carbocycles. The van der Waals surface area contributed by atoms with Crippen LogP contribution in [0.1, 0.15) is 51.4 Å². The van der Waals surface area contributed by atoms with Gasteiger partial charge in [0.2, 0.25) is 17.7 Å². The van der Waals surface area contributed by atoms with Crippen molar-refractivity contribution in [3.8, 4) is 10.4 Å². The number of hydrogen-bond donors (Lipinski definition) is 2. The summed E-state index contributed by atoms with van der Waals surface area (Å²) in [5.41, 5.74) is 4.15. The van der Waals surface area contributed by atoms with Gasteiger partial charge >= 0.3 is 0 Å². The topological polar surface area (TPSA) is 118 Å². The number of aryl methyl sites for hydroxylation is 1. The number of nitrogens with one attached hydrogen (secondary N) is 2. The van der Waals surface area contributed by atoms with Gasteiger partial charge in [-0.25, -0.2) is 4.98 Å². The third-order valence-corrected chi connectivity index (χ3v) is 7.56. The van der Waals surface area contributed by atoms with Crippen molar-refractivity contribution in [1.82, 2.24) is 20.5 Å². The second-order valence-corrected chi connectivity index (χ2v) is 11.4. The summed E-state index contributed by atoms with van der Waals surface area (Å²) < 4.78 is 4.89. The van der Waals surface area contributed by atoms with Gasteiger partial charge in [0, 0.05) is 19.6 Å². The minimum Gasteiger partial charge on any atom is -0.375 e. The Morgan fingerprint density at radius 1 is 1.22 bits per heavy atom. The number of methoxy groups -OCH3 is 1. The quantitative estimate of drug-likeness (QED) is 0.484. The molecule has 1 aliphatic rings. The average molecular weight is 529 g/mol. The SMILES string of the molecule is COCC(=O)N[C@H](C(=O)N1C[C@H](C=O)C[C@H]1C(=O)N[C@@H](C)c1ccc(-c2scnc2C)cc1)C(C)(C)C. The second kappa shape index (κ2) is 12.0. The Kier molecular flexibility index (Phi) is 9.20. The molecular formula is C27H36N4O5S. The highest BCUT2D eigenvalue weighted by Crippen LogP contribution is 2.30. The summed E-state index contributed by atoms with van der Waals surface area (Å²) in [5, 5.41) is 5.74. The first-order valence-corrected chi connectivity index (χ1v) is 13.2. The van der Waals surface area contributed by atoms with Crippen LogP contribution < -0.4 is 10.6 Å². The largest absolute Gasteiger partial charge is 0.375 e. The van der Waals surface area contributed by atoms with Crippen LogP contribution in [0.2, 0.25) is 0 Å². The lowest BCUT2D eigenvalue weighted by atomic mass is 9.85. The Bertz CT molecular complexity index is 1120. The number of likely N-dealkylation sites (tertiary alicyclic amines) is 1. The van der Waals surface area contributed by atoms with E-state index in [0.717, 1.165) is 28.0 Å². The Morgan fingerprint density at radius 2 is 1.89 bits per heavy atom. The van der Waals surface area contributed by atoms with E-state index >= 15 is 0 Å². The summed E-state index contributed by atoms with van der Waals surface area (Å²) >= 11 is 1.58. The van der Waals surface area contributed by atoms with Crippen molar-refractivity contribution in [2.24, 2.45) is 11.3 Å². The van der Waals surface area contributed by atoms with Gasteiger partial charge in [0.1, 0.15) is 25.0 Å². The molecule has 2 N–H and O–H groups in total. The maximum Gasteiger partial charge on any atom is 0.246 e. The molecule has 200 valence electrons. The first-order chi connectivity index (χ1) is 17.5. The summed E-state index contributed by atoms with van der Waals surface area (Å²) in [7, 11) is 1.40. The number of carbonyl (C=O) groups excluding carboxylic acids is 4. The van der Waals surface area contributed by atoms with E-state index in [4.69, 9.17) is 4.74 Å². The number of aldehydes is 1. The highest BCUT2D eigenvalue weighted by atomic mass is 32.1. The van der Waals surface area contributed by atoms with Gasteiger partial charge in [0.05, 0.1) is 22.1 Å². The van der Waals surface area contributed by atoms with Gasteiger partial charge in [-0.3, -0.25) is 14.4 Å². The van der Waals surface area contributed by atoms with Crippen molar-refractivity contribution < 1.29 is 23.9 Å². The maximum absolute atomic E-state index is 13.6. The van der Waals surface area contributed by atoms with Gasteiger partial charge in [-0.05, 0) is 36.8 Å². The van der Waals surface area contributed by atoms with Crippen LogP contribution in [0.4, 0.5) is 0 Å². The number of rotatable bonds is 9. The Morgan fingerprint density at radius 3 is 2.43 bits per heavy atom. The molecule has 2 aromatic rings. The third-order valence-electron chi connectivity index (χ3n) is 6.58. The van der Waals surface area contributed by atoms with Crippen LogP contribution >= 0.6 is 11.3 Å². The van der Waals surface area contributed by atoms with Crippen LogP contribution in [0, 0.1) is 18.3 Å². The van der Waals surface area contributed by atoms with Gasteiger partial charge in [0.15, 0.2) is 0 Å². The fourth-order valence-electron chi connectivity index (χ4n) is 4.50. The van der Waals surface area contributed by atoms with Crippen molar-refractivity contribution >= 4 is 35.3 Å². The molecule has 1 fully saturated rings. The standard InChI is InChI=1S/C27H36N4O5S/c1-16(19-7-9-20(10-8-19)23-17(2)28-15-37-23)29-25(34)21-11-18(13-32)12-31(21)26(35)24(27(3,4)5)30-22(33)14-36-6/h7-10,13,15-16,18,21,24H,11-12,14H2,1-6H3,(H,29,34)(H,30,33)/t16-,18+,21-,24+/m0/s1. The molecule has 3 rings (SSSR count). The normalized spacial score (nSPS) is 19.2. The summed E-state index contributed by atoms with van der Waals surface area (Å²) in [4.78, 5) is 57.7. The zero-order chi connectivity index (χ0) is 27.3. The minimum atomic E-state index is -0.879. The van der Waals surface area contributed by atoms with E-state index < -0.39 is 35.2 Å². The fraction of sp³-hybridized carbons (Fsp3) is 0.519. The first kappa shape index (κ1) is 28.5. The van der Waals surface area contributed by atoms with Crippen molar-refractivity contribution in [3.05, 3.63) is 41.0 Å². The highest BCUT2D eigenvalue weighted by Gasteiger charge is 2.45. The number of hydrogen-bond acceptors (Lipinski definition) is 7. The number of carbonyl (C=O) groups is 4. The lowest BCUT2D eigenvalue weighted by Gasteiger charge is -2.35. The molecule has 37 heavy (non-hydrogen) atoms. The van der Waals surface area contributed by atoms with E-state index in [1.54, 1.807) is 11.3 Å². The molecule has 0 bridgehead atoms. The van der Waals surface area contributed by atoms with Crippen LogP contribution in [0.5, 0.6) is 0 Å². The Balaban J connectivity index is 1.75. The van der Waals surface area contributed by atoms with Gasteiger partial charge in [-0.15, -0.1) is 11.3 Å². The van der Waals surface area contributed by atoms with Gasteiger partial charge in [-0.2, -0.15) is 0 Å². The number of ether oxygens (including phenoxy) is 1. The maximum atomic E-state index is 13.6. The summed E-state index contributed by atoms with van der Waals surface area (Å²) in [6.07, 6.45) is 1.02. The first-order valence-electron chi connectivity index (χ1n) is 12.3. The molecule has 4 atom stereocenters. The number of nitrogens with zero attached hydrogens (tertiary/aromatic N) is 2. The third kappa shape index (κ3) is 6.81. The van der Waals surface area contributed by atoms with Crippen LogP contribution in [0.25, 0.3) is 10.4 Å². The van der Waals surface area contributed by atoms with Crippen LogP contribution in [0.15, 0.2) is 29.8 Å². The van der Waals surface area contributed by atoms with E-state index in [-0.39, 0.29) is 31.5 Å². The van der Waals surface area contributed by atoms with E-state index in [1.165, 1.54) is 12.0 Å². The summed E-state index contributed by atoms with van der Waals surface area (Å²) in [6, 6.07) is 5.94. The molecule has 2 heterocycles. The summed E-state index contributed by atoms with van der Waals surface area (Å²) in [6.45, 7) is 9.31. The van der Waals surface area contributed by atoms with E-state index in [1.807, 2.05) is 64.4 Å².